The van der Waals surface area contributed by atoms with Gasteiger partial charge in [0, 0.05) is 16.5 Å². The molecule has 0 radical (unpaired) electrons. The highest BCUT2D eigenvalue weighted by Crippen LogP contribution is 2.43. The van der Waals surface area contributed by atoms with Crippen molar-refractivity contribution in [3.63, 3.8) is 0 Å². The maximum Gasteiger partial charge on any atom is 0.407 e. The van der Waals surface area contributed by atoms with Gasteiger partial charge in [0.1, 0.15) is 5.75 Å². The van der Waals surface area contributed by atoms with E-state index < -0.39 is 6.09 Å². The molecule has 0 unspecified atom stereocenters. The second-order valence-corrected chi connectivity index (χ2v) is 6.04. The monoisotopic (exact) mass is 427 g/mol. The van der Waals surface area contributed by atoms with Crippen LogP contribution in [-0.4, -0.2) is 17.8 Å². The van der Waals surface area contributed by atoms with E-state index in [4.69, 9.17) is 4.74 Å². The molecule has 0 spiro atoms. The first kappa shape index (κ1) is 13.2. The van der Waals surface area contributed by atoms with Crippen molar-refractivity contribution >= 4 is 53.9 Å². The minimum absolute atomic E-state index is 0.115. The van der Waals surface area contributed by atoms with Crippen LogP contribution in [0.1, 0.15) is 18.0 Å². The summed E-state index contributed by atoms with van der Waals surface area (Å²) in [5.41, 5.74) is 0.808. The number of alkyl carbamates (subject to hydrolysis) is 1. The molecule has 0 aliphatic carbocycles. The number of carbonyl (C=O) groups excluding carboxylic acids is 1. The summed E-state index contributed by atoms with van der Waals surface area (Å²) < 4.78 is 6.76. The first-order valence-corrected chi connectivity index (χ1v) is 7.18. The molecular formula is C10H8Br3NO3. The molecule has 1 heterocycles. The molecule has 0 aromatic heterocycles. The van der Waals surface area contributed by atoms with Crippen molar-refractivity contribution in [3.05, 3.63) is 25.0 Å². The third-order valence-corrected chi connectivity index (χ3v) is 4.52. The number of benzene rings is 1. The van der Waals surface area contributed by atoms with Gasteiger partial charge in [0.05, 0.1) is 21.6 Å². The fourth-order valence-electron chi connectivity index (χ4n) is 1.66. The molecule has 17 heavy (non-hydrogen) atoms. The predicted molar refractivity (Wildman–Crippen MR) is 73.0 cm³/mol. The van der Waals surface area contributed by atoms with E-state index in [2.05, 4.69) is 53.1 Å². The van der Waals surface area contributed by atoms with Crippen LogP contribution in [0.2, 0.25) is 0 Å². The number of ether oxygens (including phenoxy) is 1. The highest BCUT2D eigenvalue weighted by molar-refractivity contribution is 9.11. The van der Waals surface area contributed by atoms with Crippen LogP contribution in [0.4, 0.5) is 4.79 Å². The van der Waals surface area contributed by atoms with Crippen LogP contribution in [0.3, 0.4) is 0 Å². The largest absolute Gasteiger partial charge is 0.506 e. The Balaban J connectivity index is 2.44. The summed E-state index contributed by atoms with van der Waals surface area (Å²) >= 11 is 10.0. The van der Waals surface area contributed by atoms with Gasteiger partial charge < -0.3 is 15.2 Å². The molecule has 1 aromatic rings. The Morgan fingerprint density at radius 3 is 2.71 bits per heavy atom. The maximum absolute atomic E-state index is 11.2. The van der Waals surface area contributed by atoms with Crippen LogP contribution < -0.4 is 5.32 Å². The summed E-state index contributed by atoms with van der Waals surface area (Å²) in [6, 6.07) is 1.57. The van der Waals surface area contributed by atoms with Crippen molar-refractivity contribution in [1.29, 1.82) is 0 Å². The fraction of sp³-hybridized carbons (Fsp3) is 0.300. The summed E-state index contributed by atoms with van der Waals surface area (Å²) in [6.45, 7) is 0.367. The van der Waals surface area contributed by atoms with E-state index in [9.17, 15) is 9.90 Å². The van der Waals surface area contributed by atoms with Crippen LogP contribution >= 0.6 is 47.8 Å². The number of aromatic hydroxyl groups is 1. The number of nitrogens with one attached hydrogen (secondary N) is 1. The van der Waals surface area contributed by atoms with Crippen LogP contribution in [-0.2, 0) is 4.74 Å². The molecule has 2 N–H and O–H groups in total. The molecule has 1 aliphatic rings. The van der Waals surface area contributed by atoms with Crippen LogP contribution in [0.15, 0.2) is 19.5 Å². The van der Waals surface area contributed by atoms with E-state index in [1.807, 2.05) is 0 Å². The van der Waals surface area contributed by atoms with E-state index in [-0.39, 0.29) is 11.8 Å². The molecule has 7 heteroatoms. The molecule has 92 valence electrons. The van der Waals surface area contributed by atoms with Crippen LogP contribution in [0, 0.1) is 0 Å². The summed E-state index contributed by atoms with van der Waals surface area (Å²) in [5.74, 6) is 0.115. The Bertz CT molecular complexity index is 478. The second-order valence-electron chi connectivity index (χ2n) is 3.54. The van der Waals surface area contributed by atoms with Gasteiger partial charge in [0.15, 0.2) is 0 Å². The van der Waals surface area contributed by atoms with Crippen molar-refractivity contribution in [2.75, 3.05) is 6.61 Å². The van der Waals surface area contributed by atoms with Crippen LogP contribution in [0.25, 0.3) is 0 Å². The van der Waals surface area contributed by atoms with Gasteiger partial charge in [0.25, 0.3) is 0 Å². The number of hydrogen-bond donors (Lipinski definition) is 2. The average Bonchev–Trinajstić information content (AvgIpc) is 2.26. The minimum Gasteiger partial charge on any atom is -0.506 e. The lowest BCUT2D eigenvalue weighted by atomic mass is 10.0. The Kier molecular flexibility index (Phi) is 3.99. The number of rotatable bonds is 1. The lowest BCUT2D eigenvalue weighted by Gasteiger charge is -2.26. The van der Waals surface area contributed by atoms with Gasteiger partial charge in [-0.2, -0.15) is 0 Å². The van der Waals surface area contributed by atoms with Crippen molar-refractivity contribution in [3.8, 4) is 5.75 Å². The minimum atomic E-state index is -0.442. The van der Waals surface area contributed by atoms with Gasteiger partial charge in [-0.05, 0) is 37.9 Å². The molecule has 4 nitrogen and oxygen atoms in total. The number of phenols is 1. The van der Waals surface area contributed by atoms with Gasteiger partial charge in [0.2, 0.25) is 0 Å². The number of cyclic esters (lactones) is 1. The van der Waals surface area contributed by atoms with Crippen LogP contribution in [0.5, 0.6) is 5.75 Å². The Morgan fingerprint density at radius 1 is 1.35 bits per heavy atom. The molecule has 1 atom stereocenters. The van der Waals surface area contributed by atoms with Crippen molar-refractivity contribution in [1.82, 2.24) is 5.32 Å². The molecule has 1 fully saturated rings. The SMILES string of the molecule is O=C1N[C@H](c2c(Br)cc(Br)c(O)c2Br)CCO1. The Morgan fingerprint density at radius 2 is 2.06 bits per heavy atom. The lowest BCUT2D eigenvalue weighted by Crippen LogP contribution is -2.35. The highest BCUT2D eigenvalue weighted by atomic mass is 79.9. The first-order chi connectivity index (χ1) is 8.00. The predicted octanol–water partition coefficient (Wildman–Crippen LogP) is 3.85. The molecule has 1 amide bonds. The van der Waals surface area contributed by atoms with Gasteiger partial charge in [-0.25, -0.2) is 4.79 Å². The second kappa shape index (κ2) is 5.16. The summed E-state index contributed by atoms with van der Waals surface area (Å²) in [5, 5.41) is 12.6. The molecule has 1 aliphatic heterocycles. The summed E-state index contributed by atoms with van der Waals surface area (Å²) in [7, 11) is 0. The topological polar surface area (TPSA) is 58.6 Å². The van der Waals surface area contributed by atoms with E-state index in [1.165, 1.54) is 0 Å². The summed E-state index contributed by atoms with van der Waals surface area (Å²) in [6.07, 6.45) is 0.215. The fourth-order valence-corrected chi connectivity index (χ4v) is 4.33. The van der Waals surface area contributed by atoms with Gasteiger partial charge in [-0.15, -0.1) is 0 Å². The number of amides is 1. The van der Waals surface area contributed by atoms with Gasteiger partial charge in [-0.1, -0.05) is 15.9 Å². The summed E-state index contributed by atoms with van der Waals surface area (Å²) in [4.78, 5) is 11.2. The third kappa shape index (κ3) is 2.61. The lowest BCUT2D eigenvalue weighted by molar-refractivity contribution is 0.115. The Hall–Kier alpha value is -0.270. The number of halogens is 3. The van der Waals surface area contributed by atoms with E-state index in [0.29, 0.717) is 22.0 Å². The standard InChI is InChI=1S/C10H8Br3NO3/c11-4-3-5(12)9(15)8(13)7(4)6-1-2-17-10(16)14-6/h3,6,15H,1-2H2,(H,14,16)/t6-/m0/s1. The van der Waals surface area contributed by atoms with E-state index >= 15 is 0 Å². The highest BCUT2D eigenvalue weighted by Gasteiger charge is 2.26. The van der Waals surface area contributed by atoms with E-state index in [1.54, 1.807) is 6.07 Å². The molecular weight excluding hydrogens is 422 g/mol. The normalized spacial score (nSPS) is 19.7. The third-order valence-electron chi connectivity index (χ3n) is 2.46. The zero-order valence-electron chi connectivity index (χ0n) is 8.47. The van der Waals surface area contributed by atoms with Gasteiger partial charge >= 0.3 is 6.09 Å². The molecule has 1 aromatic carbocycles. The molecule has 0 saturated carbocycles. The first-order valence-electron chi connectivity index (χ1n) is 4.80. The van der Waals surface area contributed by atoms with E-state index in [0.717, 1.165) is 10.0 Å². The molecule has 0 bridgehead atoms. The quantitative estimate of drug-likeness (QED) is 0.713. The number of phenolic OH excluding ortho intramolecular Hbond substituents is 1. The number of hydrogen-bond acceptors (Lipinski definition) is 3. The maximum atomic E-state index is 11.2. The zero-order chi connectivity index (χ0) is 12.6. The molecule has 1 saturated heterocycles. The van der Waals surface area contributed by atoms with Gasteiger partial charge in [-0.3, -0.25) is 0 Å². The Labute approximate surface area is 123 Å². The van der Waals surface area contributed by atoms with Crippen molar-refractivity contribution in [2.45, 2.75) is 12.5 Å². The van der Waals surface area contributed by atoms with Crippen molar-refractivity contribution in [2.24, 2.45) is 0 Å². The zero-order valence-corrected chi connectivity index (χ0v) is 13.2. The molecule has 2 rings (SSSR count). The average molecular weight is 430 g/mol. The number of carbonyl (C=O) groups is 1. The smallest absolute Gasteiger partial charge is 0.407 e. The van der Waals surface area contributed by atoms with Crippen molar-refractivity contribution < 1.29 is 14.6 Å².